The van der Waals surface area contributed by atoms with Gasteiger partial charge in [-0.1, -0.05) is 18.2 Å². The van der Waals surface area contributed by atoms with E-state index in [1.165, 1.54) is 54.6 Å². The molecule has 8 nitrogen and oxygen atoms in total. The van der Waals surface area contributed by atoms with Crippen molar-refractivity contribution in [2.45, 2.75) is 6.54 Å². The van der Waals surface area contributed by atoms with Crippen LogP contribution in [0.3, 0.4) is 0 Å². The zero-order valence-corrected chi connectivity index (χ0v) is 23.2. The van der Waals surface area contributed by atoms with Crippen LogP contribution >= 0.6 is 0 Å². The Hall–Kier alpha value is -5.72. The van der Waals surface area contributed by atoms with Gasteiger partial charge in [0.25, 0.3) is 5.91 Å². The molecule has 5 aromatic rings. The molecular weight excluding hydrogens is 599 g/mol. The van der Waals surface area contributed by atoms with Crippen LogP contribution in [0.15, 0.2) is 84.9 Å². The topological polar surface area (TPSA) is 104 Å². The number of hydrogen-bond donors (Lipinski definition) is 3. The second-order valence-corrected chi connectivity index (χ2v) is 9.78. The van der Waals surface area contributed by atoms with Crippen LogP contribution in [-0.2, 0) is 16.1 Å². The van der Waals surface area contributed by atoms with Gasteiger partial charge in [0.2, 0.25) is 11.8 Å². The number of carbonyl (C=O) groups excluding carboxylic acids is 3. The van der Waals surface area contributed by atoms with Crippen LogP contribution in [0.4, 0.5) is 27.6 Å². The van der Waals surface area contributed by atoms with Gasteiger partial charge in [-0.3, -0.25) is 14.4 Å². The minimum absolute atomic E-state index is 0.0488. The van der Waals surface area contributed by atoms with E-state index < -0.39 is 66.4 Å². The van der Waals surface area contributed by atoms with Crippen molar-refractivity contribution in [3.63, 3.8) is 0 Å². The average molecular weight is 623 g/mol. The standard InChI is InChI=1S/C32H23F5N4O4/c33-23-4-2-5-24(34)22(23)15-38-29(42)16-41(32(44)28-13-18-3-1-6-26(36)31(18)40-28)17-30(43)39-19-7-9-20(10-8-19)45-21-11-12-25(35)27(37)14-21/h1-14,40H,15-17H2,(H,38,42)(H,39,43). The maximum atomic E-state index is 14.3. The molecule has 0 radical (unpaired) electrons. The normalized spacial score (nSPS) is 10.9. The van der Waals surface area contributed by atoms with Crippen molar-refractivity contribution in [3.8, 4) is 11.5 Å². The summed E-state index contributed by atoms with van der Waals surface area (Å²) in [6, 6.07) is 17.7. The van der Waals surface area contributed by atoms with Gasteiger partial charge in [0.05, 0.1) is 5.52 Å². The third-order valence-corrected chi connectivity index (χ3v) is 6.58. The summed E-state index contributed by atoms with van der Waals surface area (Å²) in [5.41, 5.74) is -0.160. The number of aromatic nitrogens is 1. The Kier molecular flexibility index (Phi) is 9.07. The predicted molar refractivity (Wildman–Crippen MR) is 154 cm³/mol. The number of rotatable bonds is 10. The first-order valence-corrected chi connectivity index (χ1v) is 13.4. The molecule has 1 aromatic heterocycles. The molecule has 1 heterocycles. The third-order valence-electron chi connectivity index (χ3n) is 6.58. The largest absolute Gasteiger partial charge is 0.457 e. The highest BCUT2D eigenvalue weighted by molar-refractivity contribution is 6.02. The highest BCUT2D eigenvalue weighted by Crippen LogP contribution is 2.25. The molecule has 0 saturated heterocycles. The molecule has 0 bridgehead atoms. The number of aromatic amines is 1. The van der Waals surface area contributed by atoms with Crippen LogP contribution in [0.1, 0.15) is 16.1 Å². The number of fused-ring (bicyclic) bond motifs is 1. The Morgan fingerprint density at radius 2 is 1.33 bits per heavy atom. The summed E-state index contributed by atoms with van der Waals surface area (Å²) in [6.45, 7) is -1.82. The van der Waals surface area contributed by atoms with Gasteiger partial charge in [-0.15, -0.1) is 0 Å². The monoisotopic (exact) mass is 622 g/mol. The lowest BCUT2D eigenvalue weighted by molar-refractivity contribution is -0.122. The highest BCUT2D eigenvalue weighted by atomic mass is 19.2. The van der Waals surface area contributed by atoms with Gasteiger partial charge in [-0.25, -0.2) is 22.0 Å². The smallest absolute Gasteiger partial charge is 0.271 e. The van der Waals surface area contributed by atoms with Crippen molar-refractivity contribution in [3.05, 3.63) is 125 Å². The fourth-order valence-corrected chi connectivity index (χ4v) is 4.38. The van der Waals surface area contributed by atoms with Crippen LogP contribution < -0.4 is 15.4 Å². The van der Waals surface area contributed by atoms with Crippen molar-refractivity contribution < 1.29 is 41.1 Å². The molecule has 0 saturated carbocycles. The van der Waals surface area contributed by atoms with Crippen molar-refractivity contribution in [1.29, 1.82) is 0 Å². The first kappa shape index (κ1) is 30.7. The molecular formula is C32H23F5N4O4. The minimum Gasteiger partial charge on any atom is -0.457 e. The van der Waals surface area contributed by atoms with Crippen LogP contribution in [0, 0.1) is 29.1 Å². The molecule has 230 valence electrons. The van der Waals surface area contributed by atoms with Gasteiger partial charge < -0.3 is 25.3 Å². The molecule has 0 aliphatic rings. The Labute approximate surface area is 252 Å². The number of H-pyrrole nitrogens is 1. The van der Waals surface area contributed by atoms with Gasteiger partial charge in [-0.2, -0.15) is 0 Å². The van der Waals surface area contributed by atoms with Gasteiger partial charge in [0, 0.05) is 29.2 Å². The number of anilines is 1. The summed E-state index contributed by atoms with van der Waals surface area (Å²) in [5.74, 6) is -6.51. The molecule has 13 heteroatoms. The molecule has 3 N–H and O–H groups in total. The number of amides is 3. The lowest BCUT2D eigenvalue weighted by Gasteiger charge is -2.21. The number of ether oxygens (including phenoxy) is 1. The number of nitrogens with one attached hydrogen (secondary N) is 3. The van der Waals surface area contributed by atoms with E-state index in [2.05, 4.69) is 15.6 Å². The van der Waals surface area contributed by atoms with E-state index in [0.717, 1.165) is 29.2 Å². The van der Waals surface area contributed by atoms with Gasteiger partial charge >= 0.3 is 0 Å². The van der Waals surface area contributed by atoms with Gasteiger partial charge in [0.15, 0.2) is 11.6 Å². The quantitative estimate of drug-likeness (QED) is 0.165. The minimum atomic E-state index is -1.08. The summed E-state index contributed by atoms with van der Waals surface area (Å²) in [4.78, 5) is 42.7. The SMILES string of the molecule is O=C(CN(CC(=O)Nc1ccc(Oc2ccc(F)c(F)c2)cc1)C(=O)c1cc2cccc(F)c2[nH]1)NCc1c(F)cccc1F. The molecule has 0 spiro atoms. The van der Waals surface area contributed by atoms with E-state index in [-0.39, 0.29) is 34.0 Å². The fourth-order valence-electron chi connectivity index (χ4n) is 4.38. The number of hydrogen-bond acceptors (Lipinski definition) is 4. The lowest BCUT2D eigenvalue weighted by atomic mass is 10.2. The zero-order valence-electron chi connectivity index (χ0n) is 23.2. The Morgan fingerprint density at radius 1 is 0.689 bits per heavy atom. The summed E-state index contributed by atoms with van der Waals surface area (Å²) in [6.07, 6.45) is 0. The first-order valence-electron chi connectivity index (χ1n) is 13.4. The van der Waals surface area contributed by atoms with Crippen molar-refractivity contribution in [2.24, 2.45) is 0 Å². The summed E-state index contributed by atoms with van der Waals surface area (Å²) >= 11 is 0. The average Bonchev–Trinajstić information content (AvgIpc) is 3.45. The van der Waals surface area contributed by atoms with Gasteiger partial charge in [0.1, 0.15) is 47.7 Å². The molecule has 0 aliphatic carbocycles. The maximum absolute atomic E-state index is 14.3. The van der Waals surface area contributed by atoms with Crippen molar-refractivity contribution >= 4 is 34.3 Å². The number of nitrogens with zero attached hydrogens (tertiary/aromatic N) is 1. The van der Waals surface area contributed by atoms with Crippen LogP contribution in [0.5, 0.6) is 11.5 Å². The number of para-hydroxylation sites is 1. The van der Waals surface area contributed by atoms with E-state index in [4.69, 9.17) is 4.74 Å². The molecule has 0 aliphatic heterocycles. The van der Waals surface area contributed by atoms with E-state index in [1.807, 2.05) is 0 Å². The molecule has 3 amide bonds. The van der Waals surface area contributed by atoms with E-state index in [0.29, 0.717) is 5.39 Å². The van der Waals surface area contributed by atoms with Crippen LogP contribution in [0.25, 0.3) is 10.9 Å². The number of carbonyl (C=O) groups is 3. The fraction of sp³-hybridized carbons (Fsp3) is 0.0938. The predicted octanol–water partition coefficient (Wildman–Crippen LogP) is 6.05. The van der Waals surface area contributed by atoms with E-state index >= 15 is 0 Å². The molecule has 45 heavy (non-hydrogen) atoms. The lowest BCUT2D eigenvalue weighted by Crippen LogP contribution is -2.44. The summed E-state index contributed by atoms with van der Waals surface area (Å²) in [7, 11) is 0. The van der Waals surface area contributed by atoms with E-state index in [1.54, 1.807) is 6.07 Å². The Balaban J connectivity index is 1.28. The second kappa shape index (κ2) is 13.3. The van der Waals surface area contributed by atoms with Gasteiger partial charge in [-0.05, 0) is 60.7 Å². The summed E-state index contributed by atoms with van der Waals surface area (Å²) in [5, 5.41) is 5.29. The Bertz CT molecular complexity index is 1870. The maximum Gasteiger partial charge on any atom is 0.271 e. The number of benzene rings is 4. The van der Waals surface area contributed by atoms with E-state index in [9.17, 15) is 36.3 Å². The van der Waals surface area contributed by atoms with Crippen molar-refractivity contribution in [1.82, 2.24) is 15.2 Å². The molecule has 5 rings (SSSR count). The first-order chi connectivity index (χ1) is 21.6. The molecule has 0 fully saturated rings. The zero-order chi connectivity index (χ0) is 32.1. The molecule has 0 atom stereocenters. The number of halogens is 5. The molecule has 4 aromatic carbocycles. The summed E-state index contributed by atoms with van der Waals surface area (Å²) < 4.78 is 74.4. The highest BCUT2D eigenvalue weighted by Gasteiger charge is 2.24. The molecule has 0 unspecified atom stereocenters. The van der Waals surface area contributed by atoms with Crippen LogP contribution in [0.2, 0.25) is 0 Å². The van der Waals surface area contributed by atoms with Crippen LogP contribution in [-0.4, -0.2) is 40.7 Å². The Morgan fingerprint density at radius 3 is 2.02 bits per heavy atom. The third kappa shape index (κ3) is 7.44. The second-order valence-electron chi connectivity index (χ2n) is 9.78. The van der Waals surface area contributed by atoms with Crippen molar-refractivity contribution in [2.75, 3.05) is 18.4 Å².